The van der Waals surface area contributed by atoms with Crippen molar-refractivity contribution in [2.75, 3.05) is 26.2 Å². The molecule has 8 nitrogen and oxygen atoms in total. The summed E-state index contributed by atoms with van der Waals surface area (Å²) in [7, 11) is -3.70. The molecule has 1 N–H and O–H groups in total. The lowest BCUT2D eigenvalue weighted by molar-refractivity contribution is 0.0664. The summed E-state index contributed by atoms with van der Waals surface area (Å²) in [5.41, 5.74) is 0.615. The molecule has 0 aliphatic carbocycles. The number of H-pyrrole nitrogens is 1. The summed E-state index contributed by atoms with van der Waals surface area (Å²) >= 11 is 4.13. The van der Waals surface area contributed by atoms with Gasteiger partial charge in [-0.3, -0.25) is 9.59 Å². The van der Waals surface area contributed by atoms with Gasteiger partial charge >= 0.3 is 4.87 Å². The van der Waals surface area contributed by atoms with Crippen LogP contribution in [0.3, 0.4) is 0 Å². The number of furan rings is 1. The van der Waals surface area contributed by atoms with Gasteiger partial charge in [0.1, 0.15) is 0 Å². The van der Waals surface area contributed by atoms with E-state index in [9.17, 15) is 18.0 Å². The highest BCUT2D eigenvalue weighted by Gasteiger charge is 2.31. The first-order chi connectivity index (χ1) is 12.8. The number of nitrogens with one attached hydrogen (secondary N) is 1. The first-order valence-electron chi connectivity index (χ1n) is 8.02. The van der Waals surface area contributed by atoms with Crippen molar-refractivity contribution in [1.29, 1.82) is 0 Å². The fourth-order valence-electron chi connectivity index (χ4n) is 2.95. The third kappa shape index (κ3) is 3.47. The minimum atomic E-state index is -3.70. The van der Waals surface area contributed by atoms with Crippen molar-refractivity contribution in [2.45, 2.75) is 4.90 Å². The molecule has 0 bridgehead atoms. The van der Waals surface area contributed by atoms with Crippen molar-refractivity contribution in [1.82, 2.24) is 14.2 Å². The van der Waals surface area contributed by atoms with E-state index < -0.39 is 10.0 Å². The predicted molar refractivity (Wildman–Crippen MR) is 104 cm³/mol. The second-order valence-electron chi connectivity index (χ2n) is 5.97. The molecule has 0 radical (unpaired) electrons. The Morgan fingerprint density at radius 3 is 2.56 bits per heavy atom. The number of halogens is 1. The molecule has 3 aromatic rings. The summed E-state index contributed by atoms with van der Waals surface area (Å²) < 4.78 is 33.5. The smallest absolute Gasteiger partial charge is 0.305 e. The Kier molecular flexibility index (Phi) is 4.70. The molecule has 4 rings (SSSR count). The molecule has 1 aliphatic heterocycles. The van der Waals surface area contributed by atoms with Crippen LogP contribution < -0.4 is 4.87 Å². The van der Waals surface area contributed by atoms with Crippen molar-refractivity contribution in [2.24, 2.45) is 0 Å². The number of thiazole rings is 1. The molecule has 1 fully saturated rings. The van der Waals surface area contributed by atoms with E-state index in [0.29, 0.717) is 14.9 Å². The number of fused-ring (bicyclic) bond motifs is 1. The Hall–Kier alpha value is -1.95. The molecule has 2 aromatic heterocycles. The van der Waals surface area contributed by atoms with Gasteiger partial charge in [-0.25, -0.2) is 8.42 Å². The highest BCUT2D eigenvalue weighted by molar-refractivity contribution is 9.10. The minimum absolute atomic E-state index is 0.139. The fraction of sp³-hybridized carbons (Fsp3) is 0.250. The Balaban J connectivity index is 1.50. The zero-order chi connectivity index (χ0) is 19.2. The van der Waals surface area contributed by atoms with Crippen molar-refractivity contribution in [3.63, 3.8) is 0 Å². The van der Waals surface area contributed by atoms with Gasteiger partial charge in [-0.05, 0) is 46.3 Å². The lowest BCUT2D eigenvalue weighted by Gasteiger charge is -2.33. The van der Waals surface area contributed by atoms with E-state index in [1.54, 1.807) is 23.1 Å². The first-order valence-corrected chi connectivity index (χ1v) is 11.1. The lowest BCUT2D eigenvalue weighted by atomic mass is 10.3. The van der Waals surface area contributed by atoms with Crippen LogP contribution in [0.2, 0.25) is 0 Å². The molecule has 1 amide bonds. The van der Waals surface area contributed by atoms with Crippen molar-refractivity contribution in [3.05, 3.63) is 50.4 Å². The standard InChI is InChI=1S/C16H14BrN3O5S2/c17-14-4-3-12(25-14)15(21)19-5-7-20(8-6-19)27(23,24)10-1-2-11-13(9-10)26-16(22)18-11/h1-4,9H,5-8H2,(H,18,22). The molecular formula is C16H14BrN3O5S2. The largest absolute Gasteiger partial charge is 0.444 e. The average molecular weight is 472 g/mol. The number of rotatable bonds is 3. The number of hydrogen-bond donors (Lipinski definition) is 1. The molecule has 142 valence electrons. The van der Waals surface area contributed by atoms with E-state index in [1.807, 2.05) is 0 Å². The lowest BCUT2D eigenvalue weighted by Crippen LogP contribution is -2.50. The van der Waals surface area contributed by atoms with Gasteiger partial charge in [0.05, 0.1) is 15.1 Å². The van der Waals surface area contributed by atoms with Gasteiger partial charge in [-0.1, -0.05) is 11.3 Å². The summed E-state index contributed by atoms with van der Waals surface area (Å²) in [4.78, 5) is 28.0. The van der Waals surface area contributed by atoms with Crippen molar-refractivity contribution < 1.29 is 17.6 Å². The Morgan fingerprint density at radius 2 is 1.89 bits per heavy atom. The van der Waals surface area contributed by atoms with Gasteiger partial charge in [-0.15, -0.1) is 0 Å². The molecule has 1 saturated heterocycles. The molecule has 11 heteroatoms. The number of aromatic nitrogens is 1. The van der Waals surface area contributed by atoms with Gasteiger partial charge in [0, 0.05) is 26.2 Å². The SMILES string of the molecule is O=C(c1ccc(Br)o1)N1CCN(S(=O)(=O)c2ccc3[nH]c(=O)sc3c2)CC1. The first kappa shape index (κ1) is 18.4. The minimum Gasteiger partial charge on any atom is -0.444 e. The second-order valence-corrected chi connectivity index (χ2v) is 9.71. The zero-order valence-corrected chi connectivity index (χ0v) is 17.1. The number of piperazine rings is 1. The fourth-order valence-corrected chi connectivity index (χ4v) is 5.56. The normalized spacial score (nSPS) is 16.1. The van der Waals surface area contributed by atoms with Crippen molar-refractivity contribution >= 4 is 53.4 Å². The third-order valence-corrected chi connectivity index (χ3v) is 7.51. The summed E-state index contributed by atoms with van der Waals surface area (Å²) in [5.74, 6) is -0.0535. The van der Waals surface area contributed by atoms with E-state index in [4.69, 9.17) is 4.42 Å². The van der Waals surface area contributed by atoms with Crippen LogP contribution in [-0.2, 0) is 10.0 Å². The molecule has 27 heavy (non-hydrogen) atoms. The highest BCUT2D eigenvalue weighted by Crippen LogP contribution is 2.24. The van der Waals surface area contributed by atoms with E-state index in [1.165, 1.54) is 16.4 Å². The number of aromatic amines is 1. The van der Waals surface area contributed by atoms with Gasteiger partial charge in [0.15, 0.2) is 10.4 Å². The number of carbonyl (C=O) groups excluding carboxylic acids is 1. The van der Waals surface area contributed by atoms with Crippen LogP contribution in [0.4, 0.5) is 0 Å². The van der Waals surface area contributed by atoms with Crippen LogP contribution >= 0.6 is 27.3 Å². The third-order valence-electron chi connectivity index (χ3n) is 4.34. The summed E-state index contributed by atoms with van der Waals surface area (Å²) in [6, 6.07) is 7.80. The molecule has 0 saturated carbocycles. The van der Waals surface area contributed by atoms with Gasteiger partial charge in [-0.2, -0.15) is 4.31 Å². The van der Waals surface area contributed by atoms with Gasteiger partial charge < -0.3 is 14.3 Å². The molecule has 1 aliphatic rings. The highest BCUT2D eigenvalue weighted by atomic mass is 79.9. The van der Waals surface area contributed by atoms with Crippen LogP contribution in [0.1, 0.15) is 10.6 Å². The van der Waals surface area contributed by atoms with E-state index in [0.717, 1.165) is 11.3 Å². The maximum Gasteiger partial charge on any atom is 0.305 e. The monoisotopic (exact) mass is 471 g/mol. The number of sulfonamides is 1. The predicted octanol–water partition coefficient (Wildman–Crippen LogP) is 2.09. The number of amides is 1. The second kappa shape index (κ2) is 6.89. The number of benzene rings is 1. The molecule has 0 atom stereocenters. The van der Waals surface area contributed by atoms with Gasteiger partial charge in [0.25, 0.3) is 5.91 Å². The summed E-state index contributed by atoms with van der Waals surface area (Å²) in [5, 5.41) is 0. The molecule has 3 heterocycles. The number of nitrogens with zero attached hydrogens (tertiary/aromatic N) is 2. The molecular weight excluding hydrogens is 458 g/mol. The van der Waals surface area contributed by atoms with Crippen molar-refractivity contribution in [3.8, 4) is 0 Å². The summed E-state index contributed by atoms with van der Waals surface area (Å²) in [6.07, 6.45) is 0. The van der Waals surface area contributed by atoms with E-state index in [-0.39, 0.29) is 47.6 Å². The molecule has 0 unspecified atom stereocenters. The number of hydrogen-bond acceptors (Lipinski definition) is 6. The molecule has 0 spiro atoms. The Bertz CT molecular complexity index is 1170. The Labute approximate surface area is 166 Å². The van der Waals surface area contributed by atoms with E-state index >= 15 is 0 Å². The van der Waals surface area contributed by atoms with Crippen LogP contribution in [-0.4, -0.2) is 54.7 Å². The Morgan fingerprint density at radius 1 is 1.15 bits per heavy atom. The quantitative estimate of drug-likeness (QED) is 0.629. The van der Waals surface area contributed by atoms with Gasteiger partial charge in [0.2, 0.25) is 10.0 Å². The van der Waals surface area contributed by atoms with Crippen LogP contribution in [0.25, 0.3) is 10.2 Å². The van der Waals surface area contributed by atoms with E-state index in [2.05, 4.69) is 20.9 Å². The van der Waals surface area contributed by atoms with Crippen LogP contribution in [0.15, 0.2) is 49.1 Å². The number of carbonyl (C=O) groups is 1. The molecule has 1 aromatic carbocycles. The zero-order valence-electron chi connectivity index (χ0n) is 13.8. The summed E-state index contributed by atoms with van der Waals surface area (Å²) in [6.45, 7) is 0.931. The maximum atomic E-state index is 12.9. The average Bonchev–Trinajstić information content (AvgIpc) is 3.25. The topological polar surface area (TPSA) is 104 Å². The maximum absolute atomic E-state index is 12.9. The van der Waals surface area contributed by atoms with Crippen LogP contribution in [0, 0.1) is 0 Å². The van der Waals surface area contributed by atoms with Crippen LogP contribution in [0.5, 0.6) is 0 Å².